The number of benzene rings is 1. The fourth-order valence-corrected chi connectivity index (χ4v) is 4.99. The molecule has 0 fully saturated rings. The molecule has 0 spiro atoms. The molecule has 0 radical (unpaired) electrons. The van der Waals surface area contributed by atoms with Crippen molar-refractivity contribution in [1.82, 2.24) is 4.31 Å². The number of alkyl halides is 1. The number of hydrogen-bond donors (Lipinski definition) is 0. The summed E-state index contributed by atoms with van der Waals surface area (Å²) in [6.07, 6.45) is 0. The summed E-state index contributed by atoms with van der Waals surface area (Å²) in [5.41, 5.74) is 0.889. The first kappa shape index (κ1) is 16.8. The highest BCUT2D eigenvalue weighted by atomic mass is 35.5. The topological polar surface area (TPSA) is 37.4 Å². The maximum atomic E-state index is 12.6. The lowest BCUT2D eigenvalue weighted by molar-refractivity contribution is 0.399. The van der Waals surface area contributed by atoms with Gasteiger partial charge in [0.25, 0.3) is 10.0 Å². The van der Waals surface area contributed by atoms with Gasteiger partial charge in [0, 0.05) is 23.0 Å². The van der Waals surface area contributed by atoms with E-state index in [-0.39, 0.29) is 6.04 Å². The molecule has 21 heavy (non-hydrogen) atoms. The third-order valence-electron chi connectivity index (χ3n) is 3.30. The van der Waals surface area contributed by atoms with Gasteiger partial charge >= 0.3 is 0 Å². The minimum atomic E-state index is -3.53. The Kier molecular flexibility index (Phi) is 5.33. The average molecular weight is 364 g/mol. The predicted molar refractivity (Wildman–Crippen MR) is 88.7 cm³/mol. The normalized spacial score (nSPS) is 13.6. The Bertz CT molecular complexity index is 711. The van der Waals surface area contributed by atoms with Gasteiger partial charge in [-0.05, 0) is 36.8 Å². The van der Waals surface area contributed by atoms with Gasteiger partial charge in [-0.1, -0.05) is 23.7 Å². The van der Waals surface area contributed by atoms with Crippen LogP contribution in [0, 0.1) is 0 Å². The van der Waals surface area contributed by atoms with E-state index in [4.69, 9.17) is 23.2 Å². The fourth-order valence-electron chi connectivity index (χ4n) is 1.87. The van der Waals surface area contributed by atoms with Crippen molar-refractivity contribution in [3.05, 3.63) is 51.9 Å². The molecule has 1 aromatic heterocycles. The molecule has 3 nitrogen and oxygen atoms in total. The van der Waals surface area contributed by atoms with E-state index in [9.17, 15) is 8.42 Å². The molecule has 0 saturated carbocycles. The number of halogens is 2. The van der Waals surface area contributed by atoms with Crippen molar-refractivity contribution in [2.75, 3.05) is 7.05 Å². The van der Waals surface area contributed by atoms with Gasteiger partial charge in [0.05, 0.1) is 5.88 Å². The zero-order valence-corrected chi connectivity index (χ0v) is 14.7. The first-order chi connectivity index (χ1) is 9.86. The van der Waals surface area contributed by atoms with Gasteiger partial charge in [-0.15, -0.1) is 22.9 Å². The Balaban J connectivity index is 2.28. The first-order valence-electron chi connectivity index (χ1n) is 6.24. The molecule has 0 bridgehead atoms. The quantitative estimate of drug-likeness (QED) is 0.732. The molecule has 1 atom stereocenters. The van der Waals surface area contributed by atoms with Crippen LogP contribution in [0.15, 0.2) is 40.6 Å². The van der Waals surface area contributed by atoms with Crippen LogP contribution >= 0.6 is 34.5 Å². The molecule has 0 aliphatic carbocycles. The van der Waals surface area contributed by atoms with Gasteiger partial charge in [0.15, 0.2) is 0 Å². The van der Waals surface area contributed by atoms with Crippen molar-refractivity contribution in [2.24, 2.45) is 0 Å². The summed E-state index contributed by atoms with van der Waals surface area (Å²) < 4.78 is 26.9. The van der Waals surface area contributed by atoms with Gasteiger partial charge in [-0.2, -0.15) is 4.31 Å². The molecule has 0 amide bonds. The SMILES string of the molecule is CC(c1ccc(Cl)cc1)N(C)S(=O)(=O)c1ccc(CCl)s1. The molecular formula is C14H15Cl2NO2S2. The van der Waals surface area contributed by atoms with Crippen molar-refractivity contribution >= 4 is 44.6 Å². The Morgan fingerprint density at radius 1 is 1.19 bits per heavy atom. The maximum absolute atomic E-state index is 12.6. The lowest BCUT2D eigenvalue weighted by atomic mass is 10.1. The molecule has 0 N–H and O–H groups in total. The van der Waals surface area contributed by atoms with Crippen LogP contribution in [0.2, 0.25) is 5.02 Å². The molecule has 2 rings (SSSR count). The molecule has 114 valence electrons. The third kappa shape index (κ3) is 3.60. The fraction of sp³-hybridized carbons (Fsp3) is 0.286. The van der Waals surface area contributed by atoms with E-state index in [1.54, 1.807) is 31.3 Å². The molecule has 0 saturated heterocycles. The number of nitrogens with zero attached hydrogens (tertiary/aromatic N) is 1. The van der Waals surface area contributed by atoms with Crippen molar-refractivity contribution in [3.63, 3.8) is 0 Å². The van der Waals surface area contributed by atoms with Crippen LogP contribution < -0.4 is 0 Å². The van der Waals surface area contributed by atoms with Crippen molar-refractivity contribution < 1.29 is 8.42 Å². The highest BCUT2D eigenvalue weighted by molar-refractivity contribution is 7.91. The minimum absolute atomic E-state index is 0.284. The first-order valence-corrected chi connectivity index (χ1v) is 9.41. The predicted octanol–water partition coefficient (Wildman–Crippen LogP) is 4.52. The minimum Gasteiger partial charge on any atom is -0.206 e. The summed E-state index contributed by atoms with van der Waals surface area (Å²) >= 11 is 12.8. The summed E-state index contributed by atoms with van der Waals surface area (Å²) in [5, 5.41) is 0.626. The Hall–Kier alpha value is -0.590. The number of rotatable bonds is 5. The third-order valence-corrected chi connectivity index (χ3v) is 7.48. The number of sulfonamides is 1. The molecule has 0 aliphatic heterocycles. The molecule has 0 aliphatic rings. The second kappa shape index (κ2) is 6.67. The smallest absolute Gasteiger partial charge is 0.206 e. The van der Waals surface area contributed by atoms with Crippen LogP contribution in [0.5, 0.6) is 0 Å². The van der Waals surface area contributed by atoms with Gasteiger partial charge < -0.3 is 0 Å². The average Bonchev–Trinajstić information content (AvgIpc) is 2.96. The Labute approximate surface area is 139 Å². The second-order valence-electron chi connectivity index (χ2n) is 4.60. The van der Waals surface area contributed by atoms with Crippen LogP contribution in [0.25, 0.3) is 0 Å². The van der Waals surface area contributed by atoms with E-state index < -0.39 is 10.0 Å². The van der Waals surface area contributed by atoms with Gasteiger partial charge in [-0.3, -0.25) is 0 Å². The molecule has 1 unspecified atom stereocenters. The Morgan fingerprint density at radius 2 is 1.81 bits per heavy atom. The monoisotopic (exact) mass is 363 g/mol. The van der Waals surface area contributed by atoms with E-state index in [0.29, 0.717) is 15.1 Å². The number of hydrogen-bond acceptors (Lipinski definition) is 3. The van der Waals surface area contributed by atoms with Crippen molar-refractivity contribution in [1.29, 1.82) is 0 Å². The molecule has 1 aromatic carbocycles. The Morgan fingerprint density at radius 3 is 2.33 bits per heavy atom. The van der Waals surface area contributed by atoms with Crippen molar-refractivity contribution in [3.8, 4) is 0 Å². The highest BCUT2D eigenvalue weighted by Crippen LogP contribution is 2.30. The second-order valence-corrected chi connectivity index (χ2v) is 8.70. The summed E-state index contributed by atoms with van der Waals surface area (Å²) in [4.78, 5) is 0.836. The van der Waals surface area contributed by atoms with Crippen molar-refractivity contribution in [2.45, 2.75) is 23.1 Å². The van der Waals surface area contributed by atoms with E-state index in [0.717, 1.165) is 10.4 Å². The van der Waals surface area contributed by atoms with E-state index >= 15 is 0 Å². The van der Waals surface area contributed by atoms with E-state index in [2.05, 4.69) is 0 Å². The summed E-state index contributed by atoms with van der Waals surface area (Å²) in [6.45, 7) is 1.84. The largest absolute Gasteiger partial charge is 0.252 e. The zero-order chi connectivity index (χ0) is 15.6. The van der Waals surface area contributed by atoms with Crippen LogP contribution in [0.3, 0.4) is 0 Å². The zero-order valence-electron chi connectivity index (χ0n) is 11.6. The van der Waals surface area contributed by atoms with Gasteiger partial charge in [0.2, 0.25) is 0 Å². The summed E-state index contributed by atoms with van der Waals surface area (Å²) in [5.74, 6) is 0.316. The highest BCUT2D eigenvalue weighted by Gasteiger charge is 2.27. The number of thiophene rings is 1. The van der Waals surface area contributed by atoms with Crippen LogP contribution in [0.1, 0.15) is 23.4 Å². The lowest BCUT2D eigenvalue weighted by Gasteiger charge is -2.24. The van der Waals surface area contributed by atoms with E-state index in [1.165, 1.54) is 15.6 Å². The summed E-state index contributed by atoms with van der Waals surface area (Å²) in [6, 6.07) is 10.2. The van der Waals surface area contributed by atoms with Gasteiger partial charge in [-0.25, -0.2) is 8.42 Å². The molecular weight excluding hydrogens is 349 g/mol. The molecule has 2 aromatic rings. The van der Waals surface area contributed by atoms with E-state index in [1.807, 2.05) is 19.1 Å². The van der Waals surface area contributed by atoms with Gasteiger partial charge in [0.1, 0.15) is 4.21 Å². The molecule has 1 heterocycles. The van der Waals surface area contributed by atoms with Crippen LogP contribution in [-0.4, -0.2) is 19.8 Å². The summed E-state index contributed by atoms with van der Waals surface area (Å²) in [7, 11) is -1.95. The van der Waals surface area contributed by atoms with Crippen LogP contribution in [0.4, 0.5) is 0 Å². The lowest BCUT2D eigenvalue weighted by Crippen LogP contribution is -2.29. The standard InChI is InChI=1S/C14H15Cl2NO2S2/c1-10(11-3-5-12(16)6-4-11)17(2)21(18,19)14-8-7-13(9-15)20-14/h3-8,10H,9H2,1-2H3. The maximum Gasteiger partial charge on any atom is 0.252 e. The molecule has 7 heteroatoms. The van der Waals surface area contributed by atoms with Crippen LogP contribution in [-0.2, 0) is 15.9 Å².